The lowest BCUT2D eigenvalue weighted by atomic mass is 10.1. The Morgan fingerprint density at radius 3 is 2.40 bits per heavy atom. The first kappa shape index (κ1) is 9.60. The van der Waals surface area contributed by atoms with Gasteiger partial charge in [0.25, 0.3) is 5.69 Å². The minimum Gasteiger partial charge on any atom is -0.479 e. The van der Waals surface area contributed by atoms with Crippen molar-refractivity contribution in [2.75, 3.05) is 0 Å². The zero-order chi connectivity index (χ0) is 11.0. The van der Waals surface area contributed by atoms with Crippen LogP contribution in [0.3, 0.4) is 0 Å². The second-order valence-corrected chi connectivity index (χ2v) is 3.16. The molecule has 1 aliphatic heterocycles. The first-order valence-corrected chi connectivity index (χ1v) is 4.22. The van der Waals surface area contributed by atoms with Crippen molar-refractivity contribution in [3.63, 3.8) is 0 Å². The number of nitro groups is 1. The number of carbonyl (C=O) groups is 1. The van der Waals surface area contributed by atoms with Gasteiger partial charge in [-0.15, -0.1) is 0 Å². The Kier molecular flexibility index (Phi) is 2.12. The van der Waals surface area contributed by atoms with Gasteiger partial charge in [0.1, 0.15) is 6.10 Å². The molecule has 6 nitrogen and oxygen atoms in total. The molecule has 78 valence electrons. The number of nitro benzene ring substituents is 1. The Morgan fingerprint density at radius 2 is 2.00 bits per heavy atom. The Bertz CT molecular complexity index is 413. The van der Waals surface area contributed by atoms with Crippen LogP contribution in [0.4, 0.5) is 5.69 Å². The maximum Gasteiger partial charge on any atom is 0.335 e. The molecule has 1 N–H and O–H groups in total. The zero-order valence-corrected chi connectivity index (χ0v) is 7.49. The SMILES string of the molecule is O=C(O)[C@@H]1O[C@H]1c1ccc([N+](=O)[O-])cc1. The summed E-state index contributed by atoms with van der Waals surface area (Å²) < 4.78 is 4.90. The first-order valence-electron chi connectivity index (χ1n) is 4.22. The van der Waals surface area contributed by atoms with Crippen LogP contribution in [-0.2, 0) is 9.53 Å². The highest BCUT2D eigenvalue weighted by atomic mass is 16.6. The molecule has 1 aromatic carbocycles. The molecule has 1 aromatic rings. The minimum absolute atomic E-state index is 0.0220. The summed E-state index contributed by atoms with van der Waals surface area (Å²) in [5.41, 5.74) is 0.624. The van der Waals surface area contributed by atoms with Crippen molar-refractivity contribution in [2.45, 2.75) is 12.2 Å². The van der Waals surface area contributed by atoms with E-state index in [0.717, 1.165) is 0 Å². The van der Waals surface area contributed by atoms with Crippen molar-refractivity contribution in [1.82, 2.24) is 0 Å². The second-order valence-electron chi connectivity index (χ2n) is 3.16. The number of ether oxygens (including phenoxy) is 1. The average Bonchev–Trinajstić information content (AvgIpc) is 2.97. The largest absolute Gasteiger partial charge is 0.479 e. The molecule has 2 rings (SSSR count). The number of nitrogens with zero attached hydrogens (tertiary/aromatic N) is 1. The van der Waals surface area contributed by atoms with Crippen molar-refractivity contribution in [3.8, 4) is 0 Å². The molecule has 1 fully saturated rings. The minimum atomic E-state index is -1.02. The van der Waals surface area contributed by atoms with E-state index in [2.05, 4.69) is 0 Å². The number of epoxide rings is 1. The van der Waals surface area contributed by atoms with Crippen molar-refractivity contribution in [2.24, 2.45) is 0 Å². The summed E-state index contributed by atoms with van der Waals surface area (Å²) in [4.78, 5) is 20.3. The number of aliphatic carboxylic acids is 1. The number of benzene rings is 1. The summed E-state index contributed by atoms with van der Waals surface area (Å²) in [7, 11) is 0. The molecule has 2 atom stereocenters. The van der Waals surface area contributed by atoms with E-state index in [1.54, 1.807) is 0 Å². The molecule has 6 heteroatoms. The van der Waals surface area contributed by atoms with Crippen molar-refractivity contribution in [3.05, 3.63) is 39.9 Å². The maximum atomic E-state index is 10.5. The fraction of sp³-hybridized carbons (Fsp3) is 0.222. The molecule has 0 radical (unpaired) electrons. The molecular formula is C9H7NO5. The van der Waals surface area contributed by atoms with E-state index in [1.165, 1.54) is 24.3 Å². The number of hydrogen-bond acceptors (Lipinski definition) is 4. The number of carboxylic acids is 1. The standard InChI is InChI=1S/C9H7NO5/c11-9(12)8-7(15-8)5-1-3-6(4-2-5)10(13)14/h1-4,7-8H,(H,11,12)/t7-,8+/m0/s1. The summed E-state index contributed by atoms with van der Waals surface area (Å²) in [6, 6.07) is 5.67. The molecular weight excluding hydrogens is 202 g/mol. The van der Waals surface area contributed by atoms with Gasteiger partial charge < -0.3 is 9.84 Å². The number of hydrogen-bond donors (Lipinski definition) is 1. The summed E-state index contributed by atoms with van der Waals surface area (Å²) in [6.45, 7) is 0. The molecule has 1 heterocycles. The monoisotopic (exact) mass is 209 g/mol. The summed E-state index contributed by atoms with van der Waals surface area (Å²) in [6.07, 6.45) is -1.28. The first-order chi connectivity index (χ1) is 7.09. The number of carboxylic acid groups (broad SMARTS) is 1. The van der Waals surface area contributed by atoms with Gasteiger partial charge in [0.05, 0.1) is 4.92 Å². The van der Waals surface area contributed by atoms with Crippen LogP contribution in [0.15, 0.2) is 24.3 Å². The van der Waals surface area contributed by atoms with Crippen molar-refractivity contribution >= 4 is 11.7 Å². The normalized spacial score (nSPS) is 23.5. The van der Waals surface area contributed by atoms with Crippen LogP contribution in [0.2, 0.25) is 0 Å². The average molecular weight is 209 g/mol. The highest BCUT2D eigenvalue weighted by molar-refractivity contribution is 5.76. The van der Waals surface area contributed by atoms with Gasteiger partial charge in [0.2, 0.25) is 0 Å². The van der Waals surface area contributed by atoms with Gasteiger partial charge in [0, 0.05) is 12.1 Å². The summed E-state index contributed by atoms with van der Waals surface area (Å²) in [5, 5.41) is 18.9. The van der Waals surface area contributed by atoms with E-state index in [9.17, 15) is 14.9 Å². The van der Waals surface area contributed by atoms with Gasteiger partial charge in [-0.3, -0.25) is 10.1 Å². The number of non-ortho nitro benzene ring substituents is 1. The van der Waals surface area contributed by atoms with E-state index in [1.807, 2.05) is 0 Å². The third-order valence-corrected chi connectivity index (χ3v) is 2.17. The summed E-state index contributed by atoms with van der Waals surface area (Å²) >= 11 is 0. The number of rotatable bonds is 3. The molecule has 0 aliphatic carbocycles. The van der Waals surface area contributed by atoms with E-state index in [0.29, 0.717) is 5.56 Å². The summed E-state index contributed by atoms with van der Waals surface area (Å²) in [5.74, 6) is -1.02. The Hall–Kier alpha value is -1.95. The predicted molar refractivity (Wildman–Crippen MR) is 48.3 cm³/mol. The third kappa shape index (κ3) is 1.79. The van der Waals surface area contributed by atoms with Crippen LogP contribution in [-0.4, -0.2) is 22.1 Å². The molecule has 1 aliphatic rings. The van der Waals surface area contributed by atoms with Gasteiger partial charge in [-0.25, -0.2) is 4.79 Å². The lowest BCUT2D eigenvalue weighted by Gasteiger charge is -1.94. The van der Waals surface area contributed by atoms with Crippen LogP contribution < -0.4 is 0 Å². The van der Waals surface area contributed by atoms with E-state index in [-0.39, 0.29) is 5.69 Å². The van der Waals surface area contributed by atoms with Crippen molar-refractivity contribution < 1.29 is 19.6 Å². The Labute approximate surface area is 84.2 Å². The fourth-order valence-electron chi connectivity index (χ4n) is 1.34. The molecule has 0 saturated carbocycles. The van der Waals surface area contributed by atoms with Crippen LogP contribution >= 0.6 is 0 Å². The van der Waals surface area contributed by atoms with Crippen LogP contribution in [0.5, 0.6) is 0 Å². The van der Waals surface area contributed by atoms with E-state index in [4.69, 9.17) is 9.84 Å². The van der Waals surface area contributed by atoms with Gasteiger partial charge in [-0.05, 0) is 17.7 Å². The topological polar surface area (TPSA) is 93.0 Å². The molecule has 0 unspecified atom stereocenters. The van der Waals surface area contributed by atoms with E-state index < -0.39 is 23.1 Å². The second kappa shape index (κ2) is 3.32. The zero-order valence-electron chi connectivity index (χ0n) is 7.49. The lowest BCUT2D eigenvalue weighted by Crippen LogP contribution is -2.04. The molecule has 0 aromatic heterocycles. The lowest BCUT2D eigenvalue weighted by molar-refractivity contribution is -0.384. The highest BCUT2D eigenvalue weighted by Crippen LogP contribution is 2.39. The third-order valence-electron chi connectivity index (χ3n) is 2.17. The van der Waals surface area contributed by atoms with Crippen LogP contribution in [0.1, 0.15) is 11.7 Å². The van der Waals surface area contributed by atoms with Gasteiger partial charge in [-0.1, -0.05) is 0 Å². The van der Waals surface area contributed by atoms with Gasteiger partial charge >= 0.3 is 5.97 Å². The van der Waals surface area contributed by atoms with Crippen LogP contribution in [0.25, 0.3) is 0 Å². The predicted octanol–water partition coefficient (Wildman–Crippen LogP) is 1.12. The van der Waals surface area contributed by atoms with E-state index >= 15 is 0 Å². The molecule has 15 heavy (non-hydrogen) atoms. The maximum absolute atomic E-state index is 10.5. The van der Waals surface area contributed by atoms with Gasteiger partial charge in [0.15, 0.2) is 6.10 Å². The Balaban J connectivity index is 2.12. The smallest absolute Gasteiger partial charge is 0.335 e. The Morgan fingerprint density at radius 1 is 1.40 bits per heavy atom. The molecule has 0 bridgehead atoms. The van der Waals surface area contributed by atoms with Gasteiger partial charge in [-0.2, -0.15) is 0 Å². The quantitative estimate of drug-likeness (QED) is 0.457. The molecule has 0 spiro atoms. The highest BCUT2D eigenvalue weighted by Gasteiger charge is 2.46. The molecule has 0 amide bonds. The molecule has 1 saturated heterocycles. The van der Waals surface area contributed by atoms with Crippen LogP contribution in [0, 0.1) is 10.1 Å². The fourth-order valence-corrected chi connectivity index (χ4v) is 1.34. The van der Waals surface area contributed by atoms with Crippen molar-refractivity contribution in [1.29, 1.82) is 0 Å².